The first kappa shape index (κ1) is 21.6. The predicted octanol–water partition coefficient (Wildman–Crippen LogP) is 6.14. The van der Waals surface area contributed by atoms with Gasteiger partial charge in [0.05, 0.1) is 6.54 Å². The van der Waals surface area contributed by atoms with Gasteiger partial charge in [-0.2, -0.15) is 0 Å². The Labute approximate surface area is 169 Å². The number of halogens is 1. The van der Waals surface area contributed by atoms with Crippen LogP contribution in [0.15, 0.2) is 42.6 Å². The molecule has 0 atom stereocenters. The molecule has 1 amide bonds. The molecule has 4 heteroatoms. The Morgan fingerprint density at radius 3 is 2.59 bits per heavy atom. The highest BCUT2D eigenvalue weighted by atomic mass is 35.5. The molecule has 0 aliphatic carbocycles. The number of rotatable bonds is 9. The quantitative estimate of drug-likeness (QED) is 0.473. The van der Waals surface area contributed by atoms with Crippen molar-refractivity contribution < 1.29 is 4.79 Å². The molecule has 0 bridgehead atoms. The van der Waals surface area contributed by atoms with Gasteiger partial charge in [-0.3, -0.25) is 4.79 Å². The van der Waals surface area contributed by atoms with Crippen LogP contribution in [0, 0.1) is 5.41 Å². The van der Waals surface area contributed by atoms with Gasteiger partial charge in [-0.1, -0.05) is 64.3 Å². The second-order valence-corrected chi connectivity index (χ2v) is 8.95. The predicted molar refractivity (Wildman–Crippen MR) is 114 cm³/mol. The fraction of sp³-hybridized carbons (Fsp3) is 0.522. The van der Waals surface area contributed by atoms with Crippen LogP contribution in [0.3, 0.4) is 0 Å². The lowest BCUT2D eigenvalue weighted by Gasteiger charge is -2.27. The maximum atomic E-state index is 12.9. The van der Waals surface area contributed by atoms with E-state index in [2.05, 4.69) is 56.7 Å². The maximum Gasteiger partial charge on any atom is 0.223 e. The van der Waals surface area contributed by atoms with Gasteiger partial charge in [0.25, 0.3) is 0 Å². The first-order chi connectivity index (χ1) is 12.8. The number of aromatic nitrogens is 1. The van der Waals surface area contributed by atoms with Crippen molar-refractivity contribution in [3.8, 4) is 0 Å². The van der Waals surface area contributed by atoms with Crippen LogP contribution in [0.4, 0.5) is 0 Å². The molecule has 0 fully saturated rings. The van der Waals surface area contributed by atoms with Crippen LogP contribution in [0.25, 0.3) is 0 Å². The molecule has 0 saturated carbocycles. The largest absolute Gasteiger partial charge is 0.345 e. The molecule has 1 aromatic carbocycles. The average Bonchev–Trinajstić information content (AvgIpc) is 2.99. The third-order valence-corrected chi connectivity index (χ3v) is 4.82. The molecule has 0 spiro atoms. The van der Waals surface area contributed by atoms with E-state index in [1.807, 2.05) is 23.1 Å². The van der Waals surface area contributed by atoms with Crippen molar-refractivity contribution in [2.45, 2.75) is 66.5 Å². The lowest BCUT2D eigenvalue weighted by molar-refractivity contribution is -0.133. The van der Waals surface area contributed by atoms with Crippen molar-refractivity contribution in [1.29, 1.82) is 0 Å². The standard InChI is InChI=1S/C23H33ClN2O/c1-5-6-7-13-26(22(27)16-23(2,3)4)18-21-12-9-14-25(21)17-19-10-8-11-20(24)15-19/h8-12,14-15H,5-7,13,16-18H2,1-4H3. The van der Waals surface area contributed by atoms with Crippen LogP contribution < -0.4 is 0 Å². The van der Waals surface area contributed by atoms with Gasteiger partial charge in [0.2, 0.25) is 5.91 Å². The second-order valence-electron chi connectivity index (χ2n) is 8.52. The number of benzene rings is 1. The van der Waals surface area contributed by atoms with E-state index in [0.29, 0.717) is 13.0 Å². The van der Waals surface area contributed by atoms with E-state index in [-0.39, 0.29) is 11.3 Å². The Hall–Kier alpha value is -1.74. The summed E-state index contributed by atoms with van der Waals surface area (Å²) in [5.74, 6) is 0.245. The van der Waals surface area contributed by atoms with Crippen molar-refractivity contribution >= 4 is 17.5 Å². The van der Waals surface area contributed by atoms with Gasteiger partial charge >= 0.3 is 0 Å². The summed E-state index contributed by atoms with van der Waals surface area (Å²) < 4.78 is 2.21. The van der Waals surface area contributed by atoms with E-state index < -0.39 is 0 Å². The summed E-state index contributed by atoms with van der Waals surface area (Å²) in [7, 11) is 0. The first-order valence-electron chi connectivity index (χ1n) is 9.95. The SMILES string of the molecule is CCCCCN(Cc1cccn1Cc1cccc(Cl)c1)C(=O)CC(C)(C)C. The summed E-state index contributed by atoms with van der Waals surface area (Å²) in [4.78, 5) is 14.9. The Morgan fingerprint density at radius 2 is 1.93 bits per heavy atom. The zero-order valence-corrected chi connectivity index (χ0v) is 17.9. The summed E-state index contributed by atoms with van der Waals surface area (Å²) in [6.45, 7) is 10.8. The monoisotopic (exact) mass is 388 g/mol. The molecule has 0 aliphatic heterocycles. The van der Waals surface area contributed by atoms with Crippen LogP contribution >= 0.6 is 11.6 Å². The van der Waals surface area contributed by atoms with E-state index in [0.717, 1.165) is 43.1 Å². The van der Waals surface area contributed by atoms with Gasteiger partial charge in [-0.05, 0) is 41.7 Å². The van der Waals surface area contributed by atoms with E-state index >= 15 is 0 Å². The molecule has 0 unspecified atom stereocenters. The van der Waals surface area contributed by atoms with Crippen LogP contribution in [0.2, 0.25) is 5.02 Å². The van der Waals surface area contributed by atoms with Gasteiger partial charge in [-0.15, -0.1) is 0 Å². The van der Waals surface area contributed by atoms with Crippen LogP contribution in [-0.4, -0.2) is 21.9 Å². The molecule has 27 heavy (non-hydrogen) atoms. The fourth-order valence-corrected chi connectivity index (χ4v) is 3.40. The first-order valence-corrected chi connectivity index (χ1v) is 10.3. The van der Waals surface area contributed by atoms with Crippen molar-refractivity contribution in [2.24, 2.45) is 5.41 Å². The number of carbonyl (C=O) groups excluding carboxylic acids is 1. The number of nitrogens with zero attached hydrogens (tertiary/aromatic N) is 2. The van der Waals surface area contributed by atoms with Gasteiger partial charge in [0.1, 0.15) is 0 Å². The Morgan fingerprint density at radius 1 is 1.15 bits per heavy atom. The third kappa shape index (κ3) is 7.42. The molecule has 0 radical (unpaired) electrons. The summed E-state index contributed by atoms with van der Waals surface area (Å²) >= 11 is 6.12. The average molecular weight is 389 g/mol. The molecule has 0 aliphatic rings. The number of amides is 1. The van der Waals surface area contributed by atoms with Crippen molar-refractivity contribution in [2.75, 3.05) is 6.54 Å². The normalized spacial score (nSPS) is 11.6. The topological polar surface area (TPSA) is 25.2 Å². The van der Waals surface area contributed by atoms with Gasteiger partial charge in [-0.25, -0.2) is 0 Å². The number of carbonyl (C=O) groups is 1. The summed E-state index contributed by atoms with van der Waals surface area (Å²) in [6.07, 6.45) is 6.03. The summed E-state index contributed by atoms with van der Waals surface area (Å²) in [5, 5.41) is 0.753. The van der Waals surface area contributed by atoms with E-state index in [9.17, 15) is 4.79 Å². The smallest absolute Gasteiger partial charge is 0.223 e. The molecule has 2 rings (SSSR count). The minimum absolute atomic E-state index is 0.00285. The van der Waals surface area contributed by atoms with Gasteiger partial charge in [0.15, 0.2) is 0 Å². The zero-order valence-electron chi connectivity index (χ0n) is 17.2. The summed E-state index contributed by atoms with van der Waals surface area (Å²) in [6, 6.07) is 12.1. The Bertz CT molecular complexity index is 730. The second kappa shape index (κ2) is 9.98. The van der Waals surface area contributed by atoms with E-state index in [1.54, 1.807) is 0 Å². The Kier molecular flexibility index (Phi) is 7.97. The number of unbranched alkanes of at least 4 members (excludes halogenated alkanes) is 2. The number of hydrogen-bond donors (Lipinski definition) is 0. The molecular weight excluding hydrogens is 356 g/mol. The van der Waals surface area contributed by atoms with Crippen LogP contribution in [-0.2, 0) is 17.9 Å². The maximum absolute atomic E-state index is 12.9. The molecule has 148 valence electrons. The molecule has 0 saturated heterocycles. The van der Waals surface area contributed by atoms with Crippen LogP contribution in [0.1, 0.15) is 64.6 Å². The lowest BCUT2D eigenvalue weighted by atomic mass is 9.91. The summed E-state index contributed by atoms with van der Waals surface area (Å²) in [5.41, 5.74) is 2.33. The molecule has 0 N–H and O–H groups in total. The van der Waals surface area contributed by atoms with Gasteiger partial charge in [0, 0.05) is 36.4 Å². The highest BCUT2D eigenvalue weighted by molar-refractivity contribution is 6.30. The highest BCUT2D eigenvalue weighted by Crippen LogP contribution is 2.21. The molecule has 3 nitrogen and oxygen atoms in total. The van der Waals surface area contributed by atoms with Crippen molar-refractivity contribution in [3.63, 3.8) is 0 Å². The fourth-order valence-electron chi connectivity index (χ4n) is 3.18. The molecule has 1 heterocycles. The highest BCUT2D eigenvalue weighted by Gasteiger charge is 2.22. The van der Waals surface area contributed by atoms with E-state index in [4.69, 9.17) is 11.6 Å². The van der Waals surface area contributed by atoms with Crippen LogP contribution in [0.5, 0.6) is 0 Å². The Balaban J connectivity index is 2.12. The lowest BCUT2D eigenvalue weighted by Crippen LogP contribution is -2.34. The molecule has 2 aromatic rings. The minimum Gasteiger partial charge on any atom is -0.345 e. The van der Waals surface area contributed by atoms with Crippen molar-refractivity contribution in [3.05, 3.63) is 58.9 Å². The third-order valence-electron chi connectivity index (χ3n) is 4.58. The molecule has 1 aromatic heterocycles. The van der Waals surface area contributed by atoms with Crippen molar-refractivity contribution in [1.82, 2.24) is 9.47 Å². The molecular formula is C23H33ClN2O. The minimum atomic E-state index is 0.00285. The zero-order chi connectivity index (χ0) is 19.9. The number of hydrogen-bond acceptors (Lipinski definition) is 1. The van der Waals surface area contributed by atoms with E-state index in [1.165, 1.54) is 5.56 Å². The van der Waals surface area contributed by atoms with Gasteiger partial charge < -0.3 is 9.47 Å².